The van der Waals surface area contributed by atoms with Crippen molar-refractivity contribution in [3.8, 4) is 0 Å². The molecule has 1 atom stereocenters. The maximum absolute atomic E-state index is 13.2. The van der Waals surface area contributed by atoms with Crippen molar-refractivity contribution in [2.45, 2.75) is 5.60 Å². The predicted octanol–water partition coefficient (Wildman–Crippen LogP) is 3.68. The van der Waals surface area contributed by atoms with Gasteiger partial charge in [0.05, 0.1) is 11.0 Å². The molecule has 2 N–H and O–H groups in total. The highest BCUT2D eigenvalue weighted by Gasteiger charge is 2.43. The second-order valence-electron chi connectivity index (χ2n) is 5.87. The summed E-state index contributed by atoms with van der Waals surface area (Å²) in [5.41, 5.74) is 0.486. The molecule has 1 unspecified atom stereocenters. The Morgan fingerprint density at radius 2 is 1.44 bits per heavy atom. The number of imidazole rings is 1. The number of nitrogens with one attached hydrogen (secondary N) is 1. The minimum absolute atomic E-state index is 0.216. The minimum atomic E-state index is -1.89. The van der Waals surface area contributed by atoms with E-state index in [-0.39, 0.29) is 5.82 Å². The molecule has 0 amide bonds. The Hall–Kier alpha value is -3.24. The monoisotopic (exact) mass is 328 g/mol. The summed E-state index contributed by atoms with van der Waals surface area (Å²) in [7, 11) is 0. The van der Waals surface area contributed by atoms with E-state index in [1.165, 1.54) is 0 Å². The number of Topliss-reactive ketones (excluding diaryl/α,β-unsaturated/α-hetero) is 1. The lowest BCUT2D eigenvalue weighted by molar-refractivity contribution is 0.0457. The van der Waals surface area contributed by atoms with Gasteiger partial charge >= 0.3 is 0 Å². The van der Waals surface area contributed by atoms with Crippen molar-refractivity contribution >= 4 is 16.8 Å². The van der Waals surface area contributed by atoms with Gasteiger partial charge in [0, 0.05) is 5.56 Å². The van der Waals surface area contributed by atoms with Crippen LogP contribution < -0.4 is 0 Å². The fourth-order valence-electron chi connectivity index (χ4n) is 2.98. The molecule has 0 radical (unpaired) electrons. The van der Waals surface area contributed by atoms with Gasteiger partial charge in [-0.05, 0) is 17.7 Å². The minimum Gasteiger partial charge on any atom is -0.371 e. The average Bonchev–Trinajstić information content (AvgIpc) is 3.13. The molecule has 0 bridgehead atoms. The zero-order chi connectivity index (χ0) is 17.3. The molecule has 122 valence electrons. The number of rotatable bonds is 4. The average molecular weight is 328 g/mol. The summed E-state index contributed by atoms with van der Waals surface area (Å²) in [6.45, 7) is 0. The topological polar surface area (TPSA) is 66.0 Å². The van der Waals surface area contributed by atoms with Gasteiger partial charge in [0.2, 0.25) is 11.4 Å². The highest BCUT2D eigenvalue weighted by molar-refractivity contribution is 6.05. The fraction of sp³-hybridized carbons (Fsp3) is 0.0476. The SMILES string of the molecule is O=C(c1ccccc1)C(O)(c1ccccc1)c1nc2ccccc2[nH]1. The largest absolute Gasteiger partial charge is 0.371 e. The number of ketones is 1. The van der Waals surface area contributed by atoms with Crippen molar-refractivity contribution < 1.29 is 9.90 Å². The number of para-hydroxylation sites is 2. The lowest BCUT2D eigenvalue weighted by Gasteiger charge is -2.25. The summed E-state index contributed by atoms with van der Waals surface area (Å²) >= 11 is 0. The number of hydrogen-bond donors (Lipinski definition) is 2. The van der Waals surface area contributed by atoms with Crippen molar-refractivity contribution in [1.29, 1.82) is 0 Å². The number of H-pyrrole nitrogens is 1. The van der Waals surface area contributed by atoms with Gasteiger partial charge < -0.3 is 10.1 Å². The number of nitrogens with zero attached hydrogens (tertiary/aromatic N) is 1. The van der Waals surface area contributed by atoms with Crippen molar-refractivity contribution in [3.63, 3.8) is 0 Å². The summed E-state index contributed by atoms with van der Waals surface area (Å²) in [5.74, 6) is -0.202. The Balaban J connectivity index is 1.94. The Kier molecular flexibility index (Phi) is 3.67. The van der Waals surface area contributed by atoms with Crippen LogP contribution in [0.25, 0.3) is 11.0 Å². The molecule has 3 aromatic carbocycles. The zero-order valence-corrected chi connectivity index (χ0v) is 13.4. The first kappa shape index (κ1) is 15.3. The number of fused-ring (bicyclic) bond motifs is 1. The summed E-state index contributed by atoms with van der Waals surface area (Å²) < 4.78 is 0. The maximum Gasteiger partial charge on any atom is 0.211 e. The van der Waals surface area contributed by atoms with Gasteiger partial charge in [-0.3, -0.25) is 4.79 Å². The number of carbonyl (C=O) groups excluding carboxylic acids is 1. The van der Waals surface area contributed by atoms with E-state index in [1.807, 2.05) is 36.4 Å². The molecular formula is C21H16N2O2. The summed E-state index contributed by atoms with van der Waals surface area (Å²) in [6.07, 6.45) is 0. The molecule has 0 spiro atoms. The first-order valence-electron chi connectivity index (χ1n) is 8.02. The summed E-state index contributed by atoms with van der Waals surface area (Å²) in [6, 6.07) is 25.1. The first-order chi connectivity index (χ1) is 12.2. The van der Waals surface area contributed by atoms with Crippen LogP contribution in [-0.2, 0) is 5.60 Å². The third-order valence-electron chi connectivity index (χ3n) is 4.29. The second kappa shape index (κ2) is 6.00. The molecule has 0 saturated carbocycles. The Labute approximate surface area is 144 Å². The lowest BCUT2D eigenvalue weighted by Crippen LogP contribution is -2.38. The van der Waals surface area contributed by atoms with Gasteiger partial charge in [0.1, 0.15) is 0 Å². The molecular weight excluding hydrogens is 312 g/mol. The number of benzene rings is 3. The number of carbonyl (C=O) groups is 1. The smallest absolute Gasteiger partial charge is 0.211 e. The van der Waals surface area contributed by atoms with Gasteiger partial charge in [-0.2, -0.15) is 0 Å². The Morgan fingerprint density at radius 3 is 2.12 bits per heavy atom. The molecule has 0 fully saturated rings. The van der Waals surface area contributed by atoms with E-state index in [2.05, 4.69) is 9.97 Å². The third kappa shape index (κ3) is 2.53. The number of aliphatic hydroxyl groups is 1. The van der Waals surface area contributed by atoms with Crippen LogP contribution in [0.5, 0.6) is 0 Å². The lowest BCUT2D eigenvalue weighted by atomic mass is 9.85. The molecule has 4 aromatic rings. The number of hydrogen-bond acceptors (Lipinski definition) is 3. The van der Waals surface area contributed by atoms with E-state index in [0.29, 0.717) is 16.6 Å². The maximum atomic E-state index is 13.2. The van der Waals surface area contributed by atoms with Crippen LogP contribution in [0.1, 0.15) is 21.7 Å². The van der Waals surface area contributed by atoms with E-state index in [1.54, 1.807) is 48.5 Å². The molecule has 0 aliphatic carbocycles. The molecule has 4 nitrogen and oxygen atoms in total. The van der Waals surface area contributed by atoms with Crippen molar-refractivity contribution in [2.75, 3.05) is 0 Å². The van der Waals surface area contributed by atoms with Gasteiger partial charge in [-0.25, -0.2) is 4.98 Å². The van der Waals surface area contributed by atoms with Crippen molar-refractivity contribution in [1.82, 2.24) is 9.97 Å². The van der Waals surface area contributed by atoms with E-state index < -0.39 is 11.4 Å². The van der Waals surface area contributed by atoms with Crippen LogP contribution in [0.4, 0.5) is 0 Å². The molecule has 1 heterocycles. The predicted molar refractivity (Wildman–Crippen MR) is 96.3 cm³/mol. The Morgan fingerprint density at radius 1 is 0.840 bits per heavy atom. The van der Waals surface area contributed by atoms with E-state index in [0.717, 1.165) is 5.52 Å². The van der Waals surface area contributed by atoms with E-state index >= 15 is 0 Å². The van der Waals surface area contributed by atoms with Crippen molar-refractivity contribution in [3.05, 3.63) is 102 Å². The fourth-order valence-corrected chi connectivity index (χ4v) is 2.98. The van der Waals surface area contributed by atoms with E-state index in [9.17, 15) is 9.90 Å². The van der Waals surface area contributed by atoms with Crippen molar-refractivity contribution in [2.24, 2.45) is 0 Å². The number of aromatic amines is 1. The van der Waals surface area contributed by atoms with Crippen LogP contribution in [-0.4, -0.2) is 20.9 Å². The third-order valence-corrected chi connectivity index (χ3v) is 4.29. The summed E-state index contributed by atoms with van der Waals surface area (Å²) in [4.78, 5) is 20.8. The quantitative estimate of drug-likeness (QED) is 0.562. The molecule has 0 saturated heterocycles. The zero-order valence-electron chi connectivity index (χ0n) is 13.4. The van der Waals surface area contributed by atoms with Gasteiger partial charge in [0.25, 0.3) is 0 Å². The van der Waals surface area contributed by atoms with Crippen LogP contribution in [0.2, 0.25) is 0 Å². The Bertz CT molecular complexity index is 992. The van der Waals surface area contributed by atoms with Crippen LogP contribution >= 0.6 is 0 Å². The second-order valence-corrected chi connectivity index (χ2v) is 5.87. The van der Waals surface area contributed by atoms with Crippen LogP contribution in [0, 0.1) is 0 Å². The highest BCUT2D eigenvalue weighted by Crippen LogP contribution is 2.32. The first-order valence-corrected chi connectivity index (χ1v) is 8.02. The molecule has 4 rings (SSSR count). The molecule has 0 aliphatic rings. The molecule has 1 aromatic heterocycles. The van der Waals surface area contributed by atoms with Crippen LogP contribution in [0.15, 0.2) is 84.9 Å². The standard InChI is InChI=1S/C21H16N2O2/c24-19(15-9-3-1-4-10-15)21(25,16-11-5-2-6-12-16)20-22-17-13-7-8-14-18(17)23-20/h1-14,25H,(H,22,23). The van der Waals surface area contributed by atoms with Crippen LogP contribution in [0.3, 0.4) is 0 Å². The normalized spacial score (nSPS) is 13.5. The van der Waals surface area contributed by atoms with Gasteiger partial charge in [-0.1, -0.05) is 72.8 Å². The highest BCUT2D eigenvalue weighted by atomic mass is 16.3. The molecule has 25 heavy (non-hydrogen) atoms. The number of aromatic nitrogens is 2. The molecule has 4 heteroatoms. The van der Waals surface area contributed by atoms with E-state index in [4.69, 9.17) is 0 Å². The van der Waals surface area contributed by atoms with Gasteiger partial charge in [-0.15, -0.1) is 0 Å². The molecule has 0 aliphatic heterocycles. The van der Waals surface area contributed by atoms with Gasteiger partial charge in [0.15, 0.2) is 5.82 Å². The summed E-state index contributed by atoms with van der Waals surface area (Å²) in [5, 5.41) is 11.5.